The number of hydrogen-bond acceptors (Lipinski definition) is 5. The first kappa shape index (κ1) is 27.7. The van der Waals surface area contributed by atoms with Gasteiger partial charge in [-0.05, 0) is 78.8 Å². The number of ketones is 1. The van der Waals surface area contributed by atoms with E-state index in [0.717, 1.165) is 5.56 Å². The first-order chi connectivity index (χ1) is 15.1. The molecule has 2 rings (SSSR count). The molecule has 1 aromatic carbocycles. The van der Waals surface area contributed by atoms with Crippen molar-refractivity contribution in [1.82, 2.24) is 9.21 Å². The van der Waals surface area contributed by atoms with Gasteiger partial charge in [-0.3, -0.25) is 9.59 Å². The topological polar surface area (TPSA) is 84.0 Å². The molecule has 33 heavy (non-hydrogen) atoms. The lowest BCUT2D eigenvalue weighted by molar-refractivity contribution is -0.179. The van der Waals surface area contributed by atoms with E-state index in [-0.39, 0.29) is 22.6 Å². The lowest BCUT2D eigenvalue weighted by Crippen LogP contribution is -2.74. The molecule has 7 nitrogen and oxygen atoms in total. The zero-order chi connectivity index (χ0) is 25.3. The fraction of sp³-hybridized carbons (Fsp3) is 0.667. The molecule has 0 saturated carbocycles. The fourth-order valence-corrected chi connectivity index (χ4v) is 6.67. The largest absolute Gasteiger partial charge is 0.417 e. The van der Waals surface area contributed by atoms with Crippen LogP contribution in [0, 0.1) is 12.8 Å². The molecule has 0 N–H and O–H groups in total. The number of nitrogens with zero attached hydrogens (tertiary/aromatic N) is 2. The smallest absolute Gasteiger partial charge is 0.245 e. The predicted molar refractivity (Wildman–Crippen MR) is 132 cm³/mol. The van der Waals surface area contributed by atoms with Crippen molar-refractivity contribution in [1.29, 1.82) is 0 Å². The van der Waals surface area contributed by atoms with E-state index in [9.17, 15) is 18.0 Å². The molecule has 1 radical (unpaired) electrons. The predicted octanol–water partition coefficient (Wildman–Crippen LogP) is 4.23. The normalized spacial score (nSPS) is 19.5. The molecule has 1 fully saturated rings. The van der Waals surface area contributed by atoms with E-state index in [1.807, 2.05) is 47.7 Å². The van der Waals surface area contributed by atoms with E-state index < -0.39 is 36.7 Å². The van der Waals surface area contributed by atoms with Crippen molar-refractivity contribution < 1.29 is 22.4 Å². The lowest BCUT2D eigenvalue weighted by atomic mass is 9.85. The maximum atomic E-state index is 13.9. The Kier molecular flexibility index (Phi) is 8.70. The van der Waals surface area contributed by atoms with Crippen LogP contribution in [0.15, 0.2) is 23.1 Å². The Labute approximate surface area is 201 Å². The molecular weight excluding hydrogens is 456 g/mol. The number of carbonyl (C=O) groups is 2. The van der Waals surface area contributed by atoms with E-state index >= 15 is 0 Å². The molecule has 0 aliphatic carbocycles. The third-order valence-electron chi connectivity index (χ3n) is 5.90. The van der Waals surface area contributed by atoms with E-state index in [4.69, 9.17) is 4.43 Å². The molecule has 0 bridgehead atoms. The van der Waals surface area contributed by atoms with Crippen LogP contribution in [-0.2, 0) is 19.2 Å². The Morgan fingerprint density at radius 1 is 1.24 bits per heavy atom. The maximum absolute atomic E-state index is 13.9. The summed E-state index contributed by atoms with van der Waals surface area (Å²) >= 11 is 0. The monoisotopic (exact) mass is 495 g/mol. The molecule has 1 saturated heterocycles. The van der Waals surface area contributed by atoms with Crippen LogP contribution in [0.4, 0.5) is 0 Å². The summed E-state index contributed by atoms with van der Waals surface area (Å²) in [5.74, 6) is -0.615. The van der Waals surface area contributed by atoms with Crippen molar-refractivity contribution in [3.05, 3.63) is 29.3 Å². The van der Waals surface area contributed by atoms with Crippen LogP contribution >= 0.6 is 0 Å². The summed E-state index contributed by atoms with van der Waals surface area (Å²) in [6.07, 6.45) is 0.160. The number of likely N-dealkylation sites (tertiary alicyclic amines) is 1. The number of amides is 1. The van der Waals surface area contributed by atoms with Gasteiger partial charge >= 0.3 is 0 Å². The van der Waals surface area contributed by atoms with Crippen LogP contribution < -0.4 is 0 Å². The zero-order valence-corrected chi connectivity index (χ0v) is 23.2. The van der Waals surface area contributed by atoms with E-state index in [2.05, 4.69) is 0 Å². The molecule has 1 amide bonds. The van der Waals surface area contributed by atoms with Gasteiger partial charge < -0.3 is 9.33 Å². The van der Waals surface area contributed by atoms with Crippen LogP contribution in [0.2, 0.25) is 13.1 Å². The molecule has 1 aliphatic heterocycles. The van der Waals surface area contributed by atoms with Gasteiger partial charge in [0.1, 0.15) is 6.17 Å². The van der Waals surface area contributed by atoms with Crippen molar-refractivity contribution in [3.8, 4) is 0 Å². The number of benzene rings is 1. The van der Waals surface area contributed by atoms with Crippen molar-refractivity contribution in [3.63, 3.8) is 0 Å². The molecule has 1 heterocycles. The van der Waals surface area contributed by atoms with Gasteiger partial charge in [0, 0.05) is 30.2 Å². The fourth-order valence-electron chi connectivity index (χ4n) is 4.31. The molecule has 1 unspecified atom stereocenters. The third-order valence-corrected chi connectivity index (χ3v) is 8.72. The standard InChI is InChI=1S/C24H39N2O5SSi/c1-10-21(27)20-15-18(12-11-17(20)4)32(29,30)26(16(2)3)22-19(13-14-31-33(8)9)23(28)25(22)24(5,6)7/h11-12,15-16,19,22H,10,13-14H2,1-9H3/t19-,22?/m1/s1. The number of β-lactam (4-membered cyclic amide) rings is 1. The van der Waals surface area contributed by atoms with Gasteiger partial charge in [0.2, 0.25) is 25.0 Å². The molecular formula is C24H39N2O5SSi. The van der Waals surface area contributed by atoms with Gasteiger partial charge in [-0.25, -0.2) is 8.42 Å². The summed E-state index contributed by atoms with van der Waals surface area (Å²) in [7, 11) is -4.88. The first-order valence-electron chi connectivity index (χ1n) is 11.6. The second-order valence-corrected chi connectivity index (χ2v) is 14.1. The molecule has 2 atom stereocenters. The second kappa shape index (κ2) is 10.4. The summed E-state index contributed by atoms with van der Waals surface area (Å²) in [5.41, 5.74) is 0.631. The minimum Gasteiger partial charge on any atom is -0.417 e. The van der Waals surface area contributed by atoms with Crippen LogP contribution in [-0.4, -0.2) is 62.7 Å². The van der Waals surface area contributed by atoms with Crippen LogP contribution in [0.1, 0.15) is 70.3 Å². The van der Waals surface area contributed by atoms with Gasteiger partial charge in [0.25, 0.3) is 0 Å². The number of Topliss-reactive ketones (excluding diaryl/α,β-unsaturated/α-hetero) is 1. The Morgan fingerprint density at radius 3 is 2.33 bits per heavy atom. The Morgan fingerprint density at radius 2 is 1.85 bits per heavy atom. The van der Waals surface area contributed by atoms with Crippen molar-refractivity contribution in [2.75, 3.05) is 6.61 Å². The molecule has 9 heteroatoms. The third kappa shape index (κ3) is 5.75. The van der Waals surface area contributed by atoms with Crippen molar-refractivity contribution in [2.45, 2.75) is 97.0 Å². The highest BCUT2D eigenvalue weighted by Gasteiger charge is 2.57. The van der Waals surface area contributed by atoms with Crippen LogP contribution in [0.3, 0.4) is 0 Å². The van der Waals surface area contributed by atoms with Crippen LogP contribution in [0.25, 0.3) is 0 Å². The number of rotatable bonds is 10. The first-order valence-corrected chi connectivity index (χ1v) is 15.4. The van der Waals surface area contributed by atoms with Crippen molar-refractivity contribution >= 4 is 30.8 Å². The Bertz CT molecular complexity index is 985. The van der Waals surface area contributed by atoms with E-state index in [1.165, 1.54) is 10.4 Å². The highest BCUT2D eigenvalue weighted by molar-refractivity contribution is 7.89. The zero-order valence-electron chi connectivity index (χ0n) is 21.4. The van der Waals surface area contributed by atoms with E-state index in [0.29, 0.717) is 25.0 Å². The van der Waals surface area contributed by atoms with Gasteiger partial charge in [0.15, 0.2) is 5.78 Å². The summed E-state index contributed by atoms with van der Waals surface area (Å²) < 4.78 is 35.1. The molecule has 0 spiro atoms. The number of carbonyl (C=O) groups excluding carboxylic acids is 2. The number of hydrogen-bond donors (Lipinski definition) is 0. The molecule has 185 valence electrons. The highest BCUT2D eigenvalue weighted by atomic mass is 32.2. The van der Waals surface area contributed by atoms with E-state index in [1.54, 1.807) is 30.9 Å². The van der Waals surface area contributed by atoms with Gasteiger partial charge in [-0.2, -0.15) is 4.31 Å². The summed E-state index contributed by atoms with van der Waals surface area (Å²) in [4.78, 5) is 27.3. The minimum atomic E-state index is -3.98. The van der Waals surface area contributed by atoms with Gasteiger partial charge in [-0.1, -0.05) is 13.0 Å². The summed E-state index contributed by atoms with van der Waals surface area (Å²) in [5, 5.41) is 0. The number of aryl methyl sites for hydroxylation is 1. The molecule has 0 aromatic heterocycles. The summed E-state index contributed by atoms with van der Waals surface area (Å²) in [6, 6.07) is 4.33. The average Bonchev–Trinajstić information content (AvgIpc) is 2.68. The Balaban J connectivity index is 2.54. The van der Waals surface area contributed by atoms with Gasteiger partial charge in [-0.15, -0.1) is 0 Å². The molecule has 1 aromatic rings. The highest BCUT2D eigenvalue weighted by Crippen LogP contribution is 2.41. The number of sulfonamides is 1. The van der Waals surface area contributed by atoms with Gasteiger partial charge in [0.05, 0.1) is 10.8 Å². The summed E-state index contributed by atoms with van der Waals surface area (Å²) in [6.45, 7) is 17.4. The quantitative estimate of drug-likeness (QED) is 0.276. The SMILES string of the molecule is CCC(=O)c1cc(S(=O)(=O)N(C(C)C)C2[C@@H](CCO[Si](C)C)C(=O)N2C(C)(C)C)ccc1C. The minimum absolute atomic E-state index is 0.0521. The average molecular weight is 496 g/mol. The maximum Gasteiger partial charge on any atom is 0.245 e. The van der Waals surface area contributed by atoms with Crippen LogP contribution in [0.5, 0.6) is 0 Å². The Hall–Kier alpha value is -1.55. The second-order valence-electron chi connectivity index (χ2n) is 10.1. The lowest BCUT2D eigenvalue weighted by Gasteiger charge is -2.57. The molecule has 1 aliphatic rings. The van der Waals surface area contributed by atoms with Crippen molar-refractivity contribution in [2.24, 2.45) is 5.92 Å².